The van der Waals surface area contributed by atoms with Crippen molar-refractivity contribution < 1.29 is 4.52 Å². The molecule has 0 fully saturated rings. The Labute approximate surface area is 111 Å². The molecule has 0 spiro atoms. The summed E-state index contributed by atoms with van der Waals surface area (Å²) in [6, 6.07) is 15.0. The van der Waals surface area contributed by atoms with Crippen LogP contribution in [-0.4, -0.2) is 10.1 Å². The fourth-order valence-electron chi connectivity index (χ4n) is 2.25. The van der Waals surface area contributed by atoms with Gasteiger partial charge in [0.2, 0.25) is 6.39 Å². The normalized spacial score (nSPS) is 12.7. The molecule has 2 aromatic carbocycles. The van der Waals surface area contributed by atoms with E-state index in [4.69, 9.17) is 4.52 Å². The zero-order valence-electron chi connectivity index (χ0n) is 10.7. The summed E-state index contributed by atoms with van der Waals surface area (Å²) >= 11 is 0. The molecule has 1 atom stereocenters. The van der Waals surface area contributed by atoms with E-state index in [0.717, 1.165) is 0 Å². The number of aromatic nitrogens is 2. The third-order valence-electron chi connectivity index (χ3n) is 3.26. The van der Waals surface area contributed by atoms with Gasteiger partial charge in [0.15, 0.2) is 5.82 Å². The minimum absolute atomic E-state index is 0.226. The van der Waals surface area contributed by atoms with Crippen molar-refractivity contribution in [3.8, 4) is 0 Å². The molecular weight excluding hydrogens is 238 g/mol. The molecule has 0 aliphatic rings. The predicted octanol–water partition coefficient (Wildman–Crippen LogP) is 3.07. The van der Waals surface area contributed by atoms with Crippen LogP contribution in [0.25, 0.3) is 10.8 Å². The molecule has 0 aliphatic heterocycles. The molecule has 96 valence electrons. The van der Waals surface area contributed by atoms with Gasteiger partial charge >= 0.3 is 0 Å². The maximum atomic E-state index is 4.72. The van der Waals surface area contributed by atoms with Crippen molar-refractivity contribution >= 4 is 10.8 Å². The van der Waals surface area contributed by atoms with Crippen LogP contribution in [0.2, 0.25) is 0 Å². The van der Waals surface area contributed by atoms with Crippen molar-refractivity contribution in [1.29, 1.82) is 0 Å². The summed E-state index contributed by atoms with van der Waals surface area (Å²) in [5.74, 6) is 0.673. The molecular formula is C15H15N3O. The van der Waals surface area contributed by atoms with Crippen molar-refractivity contribution in [2.75, 3.05) is 0 Å². The van der Waals surface area contributed by atoms with Gasteiger partial charge in [0.05, 0.1) is 6.54 Å². The summed E-state index contributed by atoms with van der Waals surface area (Å²) in [6.07, 6.45) is 1.35. The van der Waals surface area contributed by atoms with Gasteiger partial charge in [-0.15, -0.1) is 0 Å². The first-order chi connectivity index (χ1) is 9.34. The highest BCUT2D eigenvalue weighted by Gasteiger charge is 2.09. The molecule has 1 aromatic heterocycles. The SMILES string of the molecule is CC(NCc1ncon1)c1cccc2ccccc12. The van der Waals surface area contributed by atoms with Crippen LogP contribution in [0, 0.1) is 0 Å². The Kier molecular flexibility index (Phi) is 3.25. The van der Waals surface area contributed by atoms with Crippen LogP contribution in [0.5, 0.6) is 0 Å². The lowest BCUT2D eigenvalue weighted by Crippen LogP contribution is -2.19. The van der Waals surface area contributed by atoms with Gasteiger partial charge in [-0.25, -0.2) is 0 Å². The fraction of sp³-hybridized carbons (Fsp3) is 0.200. The van der Waals surface area contributed by atoms with E-state index in [1.165, 1.54) is 22.7 Å². The molecule has 3 aromatic rings. The number of rotatable bonds is 4. The Bertz CT molecular complexity index is 659. The molecule has 0 aliphatic carbocycles. The van der Waals surface area contributed by atoms with E-state index in [1.807, 2.05) is 0 Å². The number of nitrogens with zero attached hydrogens (tertiary/aromatic N) is 2. The number of benzene rings is 2. The molecule has 0 bridgehead atoms. The van der Waals surface area contributed by atoms with Crippen molar-refractivity contribution in [2.24, 2.45) is 0 Å². The highest BCUT2D eigenvalue weighted by molar-refractivity contribution is 5.86. The topological polar surface area (TPSA) is 51.0 Å². The van der Waals surface area contributed by atoms with E-state index >= 15 is 0 Å². The summed E-state index contributed by atoms with van der Waals surface area (Å²) in [6.45, 7) is 2.74. The zero-order chi connectivity index (χ0) is 13.1. The lowest BCUT2D eigenvalue weighted by Gasteiger charge is -2.15. The molecule has 4 nitrogen and oxygen atoms in total. The van der Waals surface area contributed by atoms with E-state index in [0.29, 0.717) is 12.4 Å². The lowest BCUT2D eigenvalue weighted by molar-refractivity contribution is 0.405. The molecule has 0 saturated heterocycles. The molecule has 1 unspecified atom stereocenters. The number of hydrogen-bond acceptors (Lipinski definition) is 4. The Balaban J connectivity index is 1.83. The van der Waals surface area contributed by atoms with Crippen LogP contribution in [-0.2, 0) is 6.54 Å². The van der Waals surface area contributed by atoms with E-state index in [1.54, 1.807) is 0 Å². The first-order valence-corrected chi connectivity index (χ1v) is 6.31. The fourth-order valence-corrected chi connectivity index (χ4v) is 2.25. The van der Waals surface area contributed by atoms with Gasteiger partial charge in [0, 0.05) is 6.04 Å². The summed E-state index contributed by atoms with van der Waals surface area (Å²) in [5, 5.41) is 9.74. The molecule has 0 amide bonds. The third kappa shape index (κ3) is 2.48. The summed E-state index contributed by atoms with van der Waals surface area (Å²) in [7, 11) is 0. The smallest absolute Gasteiger partial charge is 0.213 e. The van der Waals surface area contributed by atoms with Gasteiger partial charge in [-0.3, -0.25) is 0 Å². The van der Waals surface area contributed by atoms with Crippen molar-refractivity contribution in [3.63, 3.8) is 0 Å². The van der Waals surface area contributed by atoms with E-state index in [9.17, 15) is 0 Å². The van der Waals surface area contributed by atoms with Gasteiger partial charge < -0.3 is 9.84 Å². The molecule has 3 rings (SSSR count). The standard InChI is InChI=1S/C15H15N3O/c1-11(16-9-15-17-10-19-18-15)13-8-4-6-12-5-2-3-7-14(12)13/h2-8,10-11,16H,9H2,1H3. The van der Waals surface area contributed by atoms with Crippen LogP contribution in [0.15, 0.2) is 53.4 Å². The van der Waals surface area contributed by atoms with Gasteiger partial charge in [-0.1, -0.05) is 47.6 Å². The Morgan fingerprint density at radius 3 is 2.84 bits per heavy atom. The number of hydrogen-bond donors (Lipinski definition) is 1. The Hall–Kier alpha value is -2.20. The van der Waals surface area contributed by atoms with Gasteiger partial charge in [-0.05, 0) is 23.3 Å². The van der Waals surface area contributed by atoms with Crippen LogP contribution in [0.4, 0.5) is 0 Å². The number of fused-ring (bicyclic) bond motifs is 1. The van der Waals surface area contributed by atoms with Crippen molar-refractivity contribution in [3.05, 3.63) is 60.2 Å². The van der Waals surface area contributed by atoms with E-state index in [-0.39, 0.29) is 6.04 Å². The maximum Gasteiger partial charge on any atom is 0.213 e. The second kappa shape index (κ2) is 5.20. The monoisotopic (exact) mass is 253 g/mol. The summed E-state index contributed by atoms with van der Waals surface area (Å²) < 4.78 is 4.72. The van der Waals surface area contributed by atoms with Crippen LogP contribution in [0.1, 0.15) is 24.4 Å². The second-order valence-corrected chi connectivity index (χ2v) is 4.52. The lowest BCUT2D eigenvalue weighted by atomic mass is 10.00. The molecule has 19 heavy (non-hydrogen) atoms. The Morgan fingerprint density at radius 2 is 2.00 bits per heavy atom. The maximum absolute atomic E-state index is 4.72. The van der Waals surface area contributed by atoms with Crippen LogP contribution >= 0.6 is 0 Å². The van der Waals surface area contributed by atoms with Gasteiger partial charge in [0.1, 0.15) is 0 Å². The molecule has 1 N–H and O–H groups in total. The molecule has 0 saturated carbocycles. The van der Waals surface area contributed by atoms with E-state index < -0.39 is 0 Å². The first-order valence-electron chi connectivity index (χ1n) is 6.31. The average molecular weight is 253 g/mol. The molecule has 0 radical (unpaired) electrons. The first kappa shape index (κ1) is 11.9. The van der Waals surface area contributed by atoms with Gasteiger partial charge in [0.25, 0.3) is 0 Å². The second-order valence-electron chi connectivity index (χ2n) is 4.52. The van der Waals surface area contributed by atoms with Crippen LogP contribution in [0.3, 0.4) is 0 Å². The van der Waals surface area contributed by atoms with Crippen molar-refractivity contribution in [2.45, 2.75) is 19.5 Å². The minimum Gasteiger partial charge on any atom is -0.343 e. The highest BCUT2D eigenvalue weighted by Crippen LogP contribution is 2.24. The minimum atomic E-state index is 0.226. The Morgan fingerprint density at radius 1 is 1.16 bits per heavy atom. The highest BCUT2D eigenvalue weighted by atomic mass is 16.5. The quantitative estimate of drug-likeness (QED) is 0.776. The summed E-state index contributed by atoms with van der Waals surface area (Å²) in [5.41, 5.74) is 1.28. The zero-order valence-corrected chi connectivity index (χ0v) is 10.7. The number of nitrogens with one attached hydrogen (secondary N) is 1. The molecule has 1 heterocycles. The predicted molar refractivity (Wildman–Crippen MR) is 73.5 cm³/mol. The van der Waals surface area contributed by atoms with Crippen LogP contribution < -0.4 is 5.32 Å². The van der Waals surface area contributed by atoms with Gasteiger partial charge in [-0.2, -0.15) is 4.98 Å². The average Bonchev–Trinajstić information content (AvgIpc) is 2.97. The largest absolute Gasteiger partial charge is 0.343 e. The van der Waals surface area contributed by atoms with E-state index in [2.05, 4.69) is 64.8 Å². The molecule has 4 heteroatoms. The summed E-state index contributed by atoms with van der Waals surface area (Å²) in [4.78, 5) is 4.00. The van der Waals surface area contributed by atoms with Crippen molar-refractivity contribution in [1.82, 2.24) is 15.5 Å². The third-order valence-corrected chi connectivity index (χ3v) is 3.26.